The number of primary amides is 1. The average Bonchev–Trinajstić information content (AvgIpc) is 3.29. The highest BCUT2D eigenvalue weighted by Gasteiger charge is 2.26. The first-order chi connectivity index (χ1) is 33.3. The molecule has 19 nitrogen and oxygen atoms in total. The molecule has 1 atom stereocenters. The molecule has 0 saturated carbocycles. The van der Waals surface area contributed by atoms with Gasteiger partial charge in [0, 0.05) is 68.8 Å². The molecule has 3 aromatic rings. The maximum atomic E-state index is 13.4. The van der Waals surface area contributed by atoms with Crippen LogP contribution in [0.25, 0.3) is 10.4 Å². The Labute approximate surface area is 412 Å². The Kier molecular flexibility index (Phi) is 24.9. The number of unbranched alkanes of at least 4 members (excludes halogenated alkanes) is 3. The van der Waals surface area contributed by atoms with Crippen LogP contribution in [0.5, 0.6) is 11.5 Å². The first-order valence-corrected chi connectivity index (χ1v) is 23.9. The Hall–Kier alpha value is -7.01. The van der Waals surface area contributed by atoms with E-state index < -0.39 is 53.6 Å². The Morgan fingerprint density at radius 1 is 0.671 bits per heavy atom. The molecule has 5 N–H and O–H groups in total. The fourth-order valence-corrected chi connectivity index (χ4v) is 6.75. The number of ether oxygens (including phenoxy) is 4. The first-order valence-electron chi connectivity index (χ1n) is 23.9. The lowest BCUT2D eigenvalue weighted by molar-refractivity contribution is -0.131. The number of nitrogens with zero attached hydrogens (tertiary/aromatic N) is 5. The molecular weight excluding hydrogens is 899 g/mol. The molecule has 0 aliphatic heterocycles. The molecule has 3 rings (SSSR count). The van der Waals surface area contributed by atoms with Crippen molar-refractivity contribution in [1.29, 1.82) is 0 Å². The first kappa shape index (κ1) is 57.3. The molecule has 3 aromatic carbocycles. The second kappa shape index (κ2) is 30.5. The van der Waals surface area contributed by atoms with Crippen LogP contribution in [0.15, 0.2) is 84.0 Å². The summed E-state index contributed by atoms with van der Waals surface area (Å²) in [6.07, 6.45) is 1.84. The van der Waals surface area contributed by atoms with Gasteiger partial charge in [-0.1, -0.05) is 71.8 Å². The summed E-state index contributed by atoms with van der Waals surface area (Å²) in [6, 6.07) is 23.3. The summed E-state index contributed by atoms with van der Waals surface area (Å²) in [6.45, 7) is 13.2. The highest BCUT2D eigenvalue weighted by molar-refractivity contribution is 5.92. The lowest BCUT2D eigenvalue weighted by atomic mass is 10.1. The number of hydrogen-bond acceptors (Lipinski definition) is 11. The number of nitrogens with one attached hydrogen (secondary N) is 3. The summed E-state index contributed by atoms with van der Waals surface area (Å²) in [5.41, 5.74) is 15.1. The SMILES string of the molecule is CC(C)(C)OC(=O)N(CCCCN(CCC(=O)NCCCCCNC(=O)[C@H](CC(N)=O)NC(=O)Cc1ccc(OCc2ccccc2)cc1OCc1ccccc1)C(=O)OC(C)(C)C)CCCN=[N+]=[N-]. The topological polar surface area (TPSA) is 257 Å². The van der Waals surface area contributed by atoms with E-state index >= 15 is 0 Å². The lowest BCUT2D eigenvalue weighted by Gasteiger charge is -2.29. The number of azide groups is 1. The predicted octanol–water partition coefficient (Wildman–Crippen LogP) is 7.49. The summed E-state index contributed by atoms with van der Waals surface area (Å²) in [5.74, 6) is -1.07. The molecule has 0 saturated heterocycles. The fourth-order valence-electron chi connectivity index (χ4n) is 6.75. The number of amides is 6. The number of carbonyl (C=O) groups is 6. The average molecular weight is 972 g/mol. The van der Waals surface area contributed by atoms with E-state index in [1.165, 1.54) is 4.90 Å². The number of rotatable bonds is 30. The fraction of sp³-hybridized carbons (Fsp3) is 0.529. The summed E-state index contributed by atoms with van der Waals surface area (Å²) >= 11 is 0. The van der Waals surface area contributed by atoms with Gasteiger partial charge in [-0.2, -0.15) is 0 Å². The Bertz CT molecular complexity index is 2160. The van der Waals surface area contributed by atoms with Gasteiger partial charge in [-0.05, 0) is 103 Å². The van der Waals surface area contributed by atoms with Crippen LogP contribution in [0.3, 0.4) is 0 Å². The Morgan fingerprint density at radius 3 is 1.77 bits per heavy atom. The second-order valence-corrected chi connectivity index (χ2v) is 18.7. The van der Waals surface area contributed by atoms with Gasteiger partial charge in [0.25, 0.3) is 0 Å². The van der Waals surface area contributed by atoms with Crippen molar-refractivity contribution in [2.45, 2.75) is 130 Å². The van der Waals surface area contributed by atoms with Gasteiger partial charge in [0.05, 0.1) is 12.8 Å². The minimum Gasteiger partial charge on any atom is -0.489 e. The summed E-state index contributed by atoms with van der Waals surface area (Å²) < 4.78 is 23.3. The molecular formula is C51H73N9O10. The molecule has 0 aromatic heterocycles. The molecule has 6 amide bonds. The van der Waals surface area contributed by atoms with Crippen LogP contribution in [-0.2, 0) is 48.3 Å². The van der Waals surface area contributed by atoms with Gasteiger partial charge in [-0.15, -0.1) is 0 Å². The van der Waals surface area contributed by atoms with Gasteiger partial charge in [-0.3, -0.25) is 19.2 Å². The molecule has 0 heterocycles. The number of benzene rings is 3. The van der Waals surface area contributed by atoms with E-state index in [4.69, 9.17) is 30.2 Å². The van der Waals surface area contributed by atoms with Crippen LogP contribution in [0.4, 0.5) is 9.59 Å². The molecule has 0 aliphatic rings. The zero-order valence-electron chi connectivity index (χ0n) is 41.7. The molecule has 19 heteroatoms. The Morgan fingerprint density at radius 2 is 1.21 bits per heavy atom. The van der Waals surface area contributed by atoms with E-state index in [1.54, 1.807) is 64.6 Å². The van der Waals surface area contributed by atoms with Crippen molar-refractivity contribution in [3.05, 3.63) is 106 Å². The highest BCUT2D eigenvalue weighted by Crippen LogP contribution is 2.27. The van der Waals surface area contributed by atoms with E-state index in [2.05, 4.69) is 26.0 Å². The van der Waals surface area contributed by atoms with Crippen LogP contribution in [-0.4, -0.2) is 109 Å². The molecule has 0 bridgehead atoms. The van der Waals surface area contributed by atoms with E-state index in [0.717, 1.165) is 11.1 Å². The van der Waals surface area contributed by atoms with Crippen molar-refractivity contribution < 1.29 is 47.7 Å². The molecule has 382 valence electrons. The lowest BCUT2D eigenvalue weighted by Crippen LogP contribution is -2.49. The minimum absolute atomic E-state index is 0.0439. The van der Waals surface area contributed by atoms with Gasteiger partial charge in [0.2, 0.25) is 23.6 Å². The number of carbonyl (C=O) groups excluding carboxylic acids is 6. The van der Waals surface area contributed by atoms with Gasteiger partial charge in [-0.25, -0.2) is 9.59 Å². The van der Waals surface area contributed by atoms with Gasteiger partial charge in [0.1, 0.15) is 42.0 Å². The van der Waals surface area contributed by atoms with Crippen molar-refractivity contribution in [1.82, 2.24) is 25.8 Å². The zero-order valence-corrected chi connectivity index (χ0v) is 41.7. The van der Waals surface area contributed by atoms with Gasteiger partial charge < -0.3 is 50.4 Å². The molecule has 0 radical (unpaired) electrons. The minimum atomic E-state index is -1.19. The van der Waals surface area contributed by atoms with Crippen molar-refractivity contribution in [2.75, 3.05) is 45.8 Å². The van der Waals surface area contributed by atoms with Crippen molar-refractivity contribution in [3.8, 4) is 11.5 Å². The molecule has 0 spiro atoms. The third-order valence-electron chi connectivity index (χ3n) is 10.2. The smallest absolute Gasteiger partial charge is 0.410 e. The van der Waals surface area contributed by atoms with Crippen molar-refractivity contribution in [3.63, 3.8) is 0 Å². The number of hydrogen-bond donors (Lipinski definition) is 4. The summed E-state index contributed by atoms with van der Waals surface area (Å²) in [7, 11) is 0. The van der Waals surface area contributed by atoms with Crippen LogP contribution < -0.4 is 31.2 Å². The molecule has 70 heavy (non-hydrogen) atoms. The molecule has 0 fully saturated rings. The van der Waals surface area contributed by atoms with Crippen LogP contribution in [0.2, 0.25) is 0 Å². The van der Waals surface area contributed by atoms with Gasteiger partial charge >= 0.3 is 12.2 Å². The highest BCUT2D eigenvalue weighted by atomic mass is 16.6. The van der Waals surface area contributed by atoms with Crippen LogP contribution in [0.1, 0.15) is 110 Å². The van der Waals surface area contributed by atoms with Crippen LogP contribution >= 0.6 is 0 Å². The maximum absolute atomic E-state index is 13.4. The summed E-state index contributed by atoms with van der Waals surface area (Å²) in [5, 5.41) is 11.9. The number of nitrogens with two attached hydrogens (primary N) is 1. The van der Waals surface area contributed by atoms with Gasteiger partial charge in [0.15, 0.2) is 0 Å². The normalized spacial score (nSPS) is 11.5. The summed E-state index contributed by atoms with van der Waals surface area (Å²) in [4.78, 5) is 83.1. The zero-order chi connectivity index (χ0) is 51.4. The van der Waals surface area contributed by atoms with E-state index in [0.29, 0.717) is 88.4 Å². The van der Waals surface area contributed by atoms with E-state index in [-0.39, 0.29) is 45.0 Å². The second-order valence-electron chi connectivity index (χ2n) is 18.7. The van der Waals surface area contributed by atoms with E-state index in [9.17, 15) is 28.8 Å². The monoisotopic (exact) mass is 972 g/mol. The third-order valence-corrected chi connectivity index (χ3v) is 10.2. The maximum Gasteiger partial charge on any atom is 0.410 e. The molecule has 0 unspecified atom stereocenters. The largest absolute Gasteiger partial charge is 0.489 e. The standard InChI is InChI=1S/C51H73N9O10/c1-50(2,3)69-48(65)59(31-18-28-56-58-53)29-16-17-30-60(49(66)70-51(4,5)6)32-25-45(62)54-26-14-9-15-27-55-47(64)42(35-44(52)61)57-46(63)33-40-23-24-41(67-36-38-19-10-7-11-20-38)34-43(40)68-37-39-21-12-8-13-22-39/h7-8,10-13,19-24,34,42H,9,14-18,25-33,35-37H2,1-6H3,(H2,52,61)(H,54,62)(H,55,64)(H,57,63)/t42-/m0/s1. The van der Waals surface area contributed by atoms with Crippen molar-refractivity contribution >= 4 is 35.8 Å². The van der Waals surface area contributed by atoms with Crippen LogP contribution in [0, 0.1) is 0 Å². The third kappa shape index (κ3) is 24.8. The Balaban J connectivity index is 1.45. The quantitative estimate of drug-likeness (QED) is 0.0221. The molecule has 0 aliphatic carbocycles. The van der Waals surface area contributed by atoms with E-state index in [1.807, 2.05) is 60.7 Å². The van der Waals surface area contributed by atoms with Crippen molar-refractivity contribution in [2.24, 2.45) is 10.8 Å². The predicted molar refractivity (Wildman–Crippen MR) is 265 cm³/mol.